The van der Waals surface area contributed by atoms with Gasteiger partial charge in [-0.1, -0.05) is 12.1 Å². The molecule has 0 aliphatic rings. The van der Waals surface area contributed by atoms with Gasteiger partial charge in [0.15, 0.2) is 0 Å². The van der Waals surface area contributed by atoms with Crippen LogP contribution < -0.4 is 10.6 Å². The number of methoxy groups -OCH3 is 1. The van der Waals surface area contributed by atoms with Crippen molar-refractivity contribution in [2.75, 3.05) is 26.8 Å². The van der Waals surface area contributed by atoms with Gasteiger partial charge < -0.3 is 20.5 Å². The Morgan fingerprint density at radius 1 is 1.35 bits per heavy atom. The van der Waals surface area contributed by atoms with Gasteiger partial charge in [0.2, 0.25) is 5.91 Å². The summed E-state index contributed by atoms with van der Waals surface area (Å²) >= 11 is 3.26. The highest BCUT2D eigenvalue weighted by molar-refractivity contribution is 9.10. The molecule has 0 bridgehead atoms. The largest absolute Gasteiger partial charge is 0.389 e. The van der Waals surface area contributed by atoms with Crippen LogP contribution >= 0.6 is 15.9 Å². The number of carbonyl (C=O) groups excluding carboxylic acids is 2. The van der Waals surface area contributed by atoms with Gasteiger partial charge in [-0.2, -0.15) is 0 Å². The molecule has 0 radical (unpaired) electrons. The number of aliphatic hydroxyl groups excluding tert-OH is 1. The lowest BCUT2D eigenvalue weighted by atomic mass is 10.2. The maximum absolute atomic E-state index is 11.8. The van der Waals surface area contributed by atoms with Crippen molar-refractivity contribution in [1.29, 1.82) is 0 Å². The maximum atomic E-state index is 11.8. The Hall–Kier alpha value is -1.44. The van der Waals surface area contributed by atoms with Crippen molar-refractivity contribution >= 4 is 27.7 Å². The highest BCUT2D eigenvalue weighted by Crippen LogP contribution is 2.15. The van der Waals surface area contributed by atoms with Crippen LogP contribution in [0.5, 0.6) is 0 Å². The number of halogens is 1. The zero-order valence-electron chi connectivity index (χ0n) is 11.1. The lowest BCUT2D eigenvalue weighted by molar-refractivity contribution is -0.120. The van der Waals surface area contributed by atoms with Gasteiger partial charge in [0.25, 0.3) is 5.91 Å². The van der Waals surface area contributed by atoms with Crippen LogP contribution in [0.2, 0.25) is 0 Å². The molecule has 0 aliphatic carbocycles. The minimum Gasteiger partial charge on any atom is -0.389 e. The summed E-state index contributed by atoms with van der Waals surface area (Å²) < 4.78 is 5.39. The summed E-state index contributed by atoms with van der Waals surface area (Å²) in [6.45, 7) is 0.0705. The van der Waals surface area contributed by atoms with E-state index in [0.29, 0.717) is 10.0 Å². The standard InChI is InChI=1S/C13H17BrN2O4/c1-20-8-9(17)6-15-12(18)7-16-13(19)10-4-2-3-5-11(10)14/h2-5,9,17H,6-8H2,1H3,(H,15,18)(H,16,19). The summed E-state index contributed by atoms with van der Waals surface area (Å²) in [5.74, 6) is -0.717. The Kier molecular flexibility index (Phi) is 7.21. The second kappa shape index (κ2) is 8.68. The first kappa shape index (κ1) is 16.6. The van der Waals surface area contributed by atoms with E-state index in [4.69, 9.17) is 4.74 Å². The molecule has 20 heavy (non-hydrogen) atoms. The van der Waals surface area contributed by atoms with E-state index in [1.165, 1.54) is 7.11 Å². The molecule has 1 rings (SSSR count). The number of ether oxygens (including phenoxy) is 1. The highest BCUT2D eigenvalue weighted by atomic mass is 79.9. The number of hydrogen-bond acceptors (Lipinski definition) is 4. The van der Waals surface area contributed by atoms with Crippen molar-refractivity contribution in [2.45, 2.75) is 6.10 Å². The van der Waals surface area contributed by atoms with Gasteiger partial charge in [0.1, 0.15) is 0 Å². The molecule has 1 atom stereocenters. The molecular formula is C13H17BrN2O4. The van der Waals surface area contributed by atoms with E-state index in [1.54, 1.807) is 24.3 Å². The van der Waals surface area contributed by atoms with Crippen LogP contribution in [-0.2, 0) is 9.53 Å². The van der Waals surface area contributed by atoms with E-state index >= 15 is 0 Å². The van der Waals surface area contributed by atoms with Crippen molar-refractivity contribution in [3.8, 4) is 0 Å². The summed E-state index contributed by atoms with van der Waals surface area (Å²) in [5.41, 5.74) is 0.458. The van der Waals surface area contributed by atoms with E-state index < -0.39 is 6.10 Å². The van der Waals surface area contributed by atoms with E-state index in [2.05, 4.69) is 26.6 Å². The van der Waals surface area contributed by atoms with Crippen LogP contribution in [0.25, 0.3) is 0 Å². The molecule has 1 aromatic carbocycles. The molecule has 110 valence electrons. The molecule has 0 aromatic heterocycles. The summed E-state index contributed by atoms with van der Waals surface area (Å²) in [4.78, 5) is 23.3. The summed E-state index contributed by atoms with van der Waals surface area (Å²) in [6, 6.07) is 6.93. The topological polar surface area (TPSA) is 87.7 Å². The SMILES string of the molecule is COCC(O)CNC(=O)CNC(=O)c1ccccc1Br. The van der Waals surface area contributed by atoms with Gasteiger partial charge in [0.05, 0.1) is 24.8 Å². The van der Waals surface area contributed by atoms with Crippen LogP contribution in [0.15, 0.2) is 28.7 Å². The van der Waals surface area contributed by atoms with Crippen molar-refractivity contribution in [3.05, 3.63) is 34.3 Å². The number of nitrogens with one attached hydrogen (secondary N) is 2. The monoisotopic (exact) mass is 344 g/mol. The maximum Gasteiger partial charge on any atom is 0.252 e. The molecule has 0 saturated heterocycles. The van der Waals surface area contributed by atoms with Gasteiger partial charge in [-0.3, -0.25) is 9.59 Å². The first-order valence-corrected chi connectivity index (χ1v) is 6.80. The minimum atomic E-state index is -0.761. The van der Waals surface area contributed by atoms with Gasteiger partial charge in [-0.05, 0) is 28.1 Å². The molecule has 7 heteroatoms. The Morgan fingerprint density at radius 2 is 2.05 bits per heavy atom. The Morgan fingerprint density at radius 3 is 2.70 bits per heavy atom. The molecular weight excluding hydrogens is 328 g/mol. The number of rotatable bonds is 7. The van der Waals surface area contributed by atoms with Crippen LogP contribution in [0.4, 0.5) is 0 Å². The predicted octanol–water partition coefficient (Wildman–Crippen LogP) is 0.302. The molecule has 1 unspecified atom stereocenters. The number of carbonyl (C=O) groups is 2. The number of aliphatic hydroxyl groups is 1. The van der Waals surface area contributed by atoms with Crippen molar-refractivity contribution < 1.29 is 19.4 Å². The fourth-order valence-corrected chi connectivity index (χ4v) is 1.91. The van der Waals surface area contributed by atoms with E-state index in [0.717, 1.165) is 0 Å². The Bertz CT molecular complexity index is 467. The van der Waals surface area contributed by atoms with Gasteiger partial charge in [-0.25, -0.2) is 0 Å². The smallest absolute Gasteiger partial charge is 0.252 e. The van der Waals surface area contributed by atoms with Crippen molar-refractivity contribution in [2.24, 2.45) is 0 Å². The average Bonchev–Trinajstić information content (AvgIpc) is 2.43. The Balaban J connectivity index is 2.34. The third-order valence-electron chi connectivity index (χ3n) is 2.42. The molecule has 6 nitrogen and oxygen atoms in total. The van der Waals surface area contributed by atoms with Crippen LogP contribution in [0, 0.1) is 0 Å². The number of amides is 2. The fraction of sp³-hybridized carbons (Fsp3) is 0.385. The quantitative estimate of drug-likeness (QED) is 0.664. The number of hydrogen-bond donors (Lipinski definition) is 3. The second-order valence-corrected chi connectivity index (χ2v) is 4.93. The second-order valence-electron chi connectivity index (χ2n) is 4.08. The summed E-state index contributed by atoms with van der Waals surface area (Å²) in [6.07, 6.45) is -0.761. The first-order valence-electron chi connectivity index (χ1n) is 6.01. The lowest BCUT2D eigenvalue weighted by Gasteiger charge is -2.11. The van der Waals surface area contributed by atoms with E-state index in [9.17, 15) is 14.7 Å². The average molecular weight is 345 g/mol. The van der Waals surface area contributed by atoms with Crippen LogP contribution in [-0.4, -0.2) is 49.8 Å². The van der Waals surface area contributed by atoms with Crippen LogP contribution in [0.1, 0.15) is 10.4 Å². The third-order valence-corrected chi connectivity index (χ3v) is 3.11. The summed E-state index contributed by atoms with van der Waals surface area (Å²) in [7, 11) is 1.46. The van der Waals surface area contributed by atoms with Gasteiger partial charge in [-0.15, -0.1) is 0 Å². The molecule has 3 N–H and O–H groups in total. The van der Waals surface area contributed by atoms with Gasteiger partial charge in [0, 0.05) is 18.1 Å². The summed E-state index contributed by atoms with van der Waals surface area (Å²) in [5, 5.41) is 14.4. The molecule has 2 amide bonds. The molecule has 0 saturated carbocycles. The predicted molar refractivity (Wildman–Crippen MR) is 77.4 cm³/mol. The zero-order chi connectivity index (χ0) is 15.0. The van der Waals surface area contributed by atoms with Crippen LogP contribution in [0.3, 0.4) is 0 Å². The highest BCUT2D eigenvalue weighted by Gasteiger charge is 2.11. The van der Waals surface area contributed by atoms with Gasteiger partial charge >= 0.3 is 0 Å². The Labute approximate surface area is 125 Å². The molecule has 0 fully saturated rings. The molecule has 1 aromatic rings. The number of benzene rings is 1. The third kappa shape index (κ3) is 5.68. The zero-order valence-corrected chi connectivity index (χ0v) is 12.6. The molecule has 0 spiro atoms. The van der Waals surface area contributed by atoms with Crippen molar-refractivity contribution in [1.82, 2.24) is 10.6 Å². The van der Waals surface area contributed by atoms with Crippen molar-refractivity contribution in [3.63, 3.8) is 0 Å². The minimum absolute atomic E-state index is 0.0809. The van der Waals surface area contributed by atoms with E-state index in [1.807, 2.05) is 0 Å². The first-order chi connectivity index (χ1) is 9.54. The van der Waals surface area contributed by atoms with E-state index in [-0.39, 0.29) is 31.5 Å². The lowest BCUT2D eigenvalue weighted by Crippen LogP contribution is -2.41. The normalized spacial score (nSPS) is 11.8. The molecule has 0 aliphatic heterocycles. The molecule has 0 heterocycles. The fourth-order valence-electron chi connectivity index (χ4n) is 1.45.